The van der Waals surface area contributed by atoms with Gasteiger partial charge >= 0.3 is 0 Å². The quantitative estimate of drug-likeness (QED) is 0.0272. The van der Waals surface area contributed by atoms with Gasteiger partial charge < -0.3 is 28.8 Å². The van der Waals surface area contributed by atoms with E-state index in [0.717, 1.165) is 44.9 Å². The van der Waals surface area contributed by atoms with E-state index in [-0.39, 0.29) is 12.5 Å². The van der Waals surface area contributed by atoms with Gasteiger partial charge in [0, 0.05) is 6.42 Å². The van der Waals surface area contributed by atoms with Gasteiger partial charge in [0.15, 0.2) is 0 Å². The highest BCUT2D eigenvalue weighted by molar-refractivity contribution is 7.45. The lowest BCUT2D eigenvalue weighted by atomic mass is 10.0. The lowest BCUT2D eigenvalue weighted by molar-refractivity contribution is -0.870. The molecule has 0 bridgehead atoms. The average molecular weight is 1050 g/mol. The second kappa shape index (κ2) is 55.2. The highest BCUT2D eigenvalue weighted by Crippen LogP contribution is 2.38. The van der Waals surface area contributed by atoms with Crippen molar-refractivity contribution in [3.63, 3.8) is 0 Å². The van der Waals surface area contributed by atoms with Gasteiger partial charge in [-0.1, -0.05) is 281 Å². The van der Waals surface area contributed by atoms with E-state index in [4.69, 9.17) is 9.05 Å². The number of amides is 1. The van der Waals surface area contributed by atoms with Crippen LogP contribution in [0.1, 0.15) is 303 Å². The van der Waals surface area contributed by atoms with E-state index in [1.807, 2.05) is 27.2 Å². The Hall–Kier alpha value is -1.54. The Balaban J connectivity index is 3.96. The number of nitrogens with zero attached hydrogens (tertiary/aromatic N) is 1. The maximum absolute atomic E-state index is 13.0. The number of carbonyl (C=O) groups is 1. The van der Waals surface area contributed by atoms with Gasteiger partial charge in [0.25, 0.3) is 7.82 Å². The number of aliphatic hydroxyl groups excluding tert-OH is 1. The van der Waals surface area contributed by atoms with Crippen LogP contribution < -0.4 is 10.2 Å². The highest BCUT2D eigenvalue weighted by Gasteiger charge is 2.23. The standard InChI is InChI=1S/C64H123N2O6P/c1-6-8-10-12-14-16-18-20-22-23-24-25-26-27-28-29-30-31-32-33-34-35-36-37-38-39-40-41-42-43-44-46-48-50-52-54-56-58-64(68)65-62(61-72-73(69,70)71-60-59-66(3,4)5)63(67)57-55-53-51-49-47-45-21-19-17-15-13-11-9-7-2/h28-29,31-32,47,49,55,57,62-63,67H,6-27,30,33-46,48,50-54,56,58-61H2,1-5H3,(H-,65,68,69,70)/b29-28-,32-31-,49-47+,57-55+. The molecule has 2 N–H and O–H groups in total. The molecule has 0 rings (SSSR count). The topological polar surface area (TPSA) is 108 Å². The number of unbranched alkanes of at least 4 members (excludes halogenated alkanes) is 39. The summed E-state index contributed by atoms with van der Waals surface area (Å²) in [6.07, 6.45) is 73.7. The summed E-state index contributed by atoms with van der Waals surface area (Å²) in [6.45, 7) is 4.65. The fourth-order valence-corrected chi connectivity index (χ4v) is 10.0. The van der Waals surface area contributed by atoms with Crippen molar-refractivity contribution in [3.05, 3.63) is 48.6 Å². The van der Waals surface area contributed by atoms with E-state index in [1.54, 1.807) is 6.08 Å². The number of phosphoric acid groups is 1. The first kappa shape index (κ1) is 71.5. The van der Waals surface area contributed by atoms with E-state index < -0.39 is 26.6 Å². The molecule has 0 aliphatic carbocycles. The molecule has 0 aromatic carbocycles. The molecule has 1 amide bonds. The molecule has 3 unspecified atom stereocenters. The Labute approximate surface area is 454 Å². The molecule has 3 atom stereocenters. The number of hydrogen-bond acceptors (Lipinski definition) is 6. The van der Waals surface area contributed by atoms with E-state index in [9.17, 15) is 19.4 Å². The first-order valence-corrected chi connectivity index (χ1v) is 33.0. The van der Waals surface area contributed by atoms with Crippen LogP contribution in [0.3, 0.4) is 0 Å². The predicted octanol–water partition coefficient (Wildman–Crippen LogP) is 18.9. The van der Waals surface area contributed by atoms with Gasteiger partial charge in [0.05, 0.1) is 39.9 Å². The maximum atomic E-state index is 13.0. The van der Waals surface area contributed by atoms with Crippen LogP contribution in [0.15, 0.2) is 48.6 Å². The van der Waals surface area contributed by atoms with Gasteiger partial charge in [-0.3, -0.25) is 9.36 Å². The first-order chi connectivity index (χ1) is 35.5. The predicted molar refractivity (Wildman–Crippen MR) is 316 cm³/mol. The molecule has 0 aromatic rings. The van der Waals surface area contributed by atoms with Crippen LogP contribution >= 0.6 is 7.82 Å². The molecule has 8 nitrogen and oxygen atoms in total. The van der Waals surface area contributed by atoms with Gasteiger partial charge in [0.2, 0.25) is 5.91 Å². The number of aliphatic hydroxyl groups is 1. The minimum atomic E-state index is -4.60. The first-order valence-electron chi connectivity index (χ1n) is 31.5. The number of quaternary nitrogens is 1. The van der Waals surface area contributed by atoms with Crippen LogP contribution in [0.2, 0.25) is 0 Å². The van der Waals surface area contributed by atoms with Gasteiger partial charge in [-0.2, -0.15) is 0 Å². The average Bonchev–Trinajstić information content (AvgIpc) is 3.35. The van der Waals surface area contributed by atoms with E-state index in [1.165, 1.54) is 238 Å². The fourth-order valence-electron chi connectivity index (χ4n) is 9.32. The zero-order valence-electron chi connectivity index (χ0n) is 49.1. The molecule has 0 fully saturated rings. The SMILES string of the molecule is CCCCCCCCCC/C=C/CC/C=C/C(O)C(COP(=O)([O-])OCC[N+](C)(C)C)NC(=O)CCCCCCCCCCCCCCCCCCC/C=C\C/C=C\CCCCCCCCCCCCCCC. The number of likely N-dealkylation sites (N-methyl/N-ethyl adjacent to an activating group) is 1. The van der Waals surface area contributed by atoms with E-state index in [0.29, 0.717) is 17.4 Å². The number of phosphoric ester groups is 1. The minimum Gasteiger partial charge on any atom is -0.756 e. The normalized spacial score (nSPS) is 14.1. The summed E-state index contributed by atoms with van der Waals surface area (Å²) in [5.41, 5.74) is 0. The largest absolute Gasteiger partial charge is 0.756 e. The van der Waals surface area contributed by atoms with Gasteiger partial charge in [-0.25, -0.2) is 0 Å². The molecule has 0 saturated carbocycles. The van der Waals surface area contributed by atoms with Crippen molar-refractivity contribution < 1.29 is 32.9 Å². The van der Waals surface area contributed by atoms with Crippen molar-refractivity contribution in [1.29, 1.82) is 0 Å². The van der Waals surface area contributed by atoms with Crippen molar-refractivity contribution in [2.24, 2.45) is 0 Å². The number of carbonyl (C=O) groups excluding carboxylic acids is 1. The summed E-state index contributed by atoms with van der Waals surface area (Å²) in [6, 6.07) is -0.903. The summed E-state index contributed by atoms with van der Waals surface area (Å²) in [4.78, 5) is 25.5. The second-order valence-electron chi connectivity index (χ2n) is 22.8. The highest BCUT2D eigenvalue weighted by atomic mass is 31.2. The second-order valence-corrected chi connectivity index (χ2v) is 24.2. The summed E-state index contributed by atoms with van der Waals surface area (Å²) < 4.78 is 23.3. The zero-order chi connectivity index (χ0) is 53.5. The summed E-state index contributed by atoms with van der Waals surface area (Å²) in [5, 5.41) is 13.8. The molecule has 430 valence electrons. The Bertz CT molecular complexity index is 1330. The van der Waals surface area contributed by atoms with Crippen molar-refractivity contribution in [3.8, 4) is 0 Å². The third-order valence-electron chi connectivity index (χ3n) is 14.3. The molecule has 0 saturated heterocycles. The van der Waals surface area contributed by atoms with Crippen molar-refractivity contribution in [2.45, 2.75) is 315 Å². The van der Waals surface area contributed by atoms with Gasteiger partial charge in [0.1, 0.15) is 13.2 Å². The molecule has 0 aliphatic heterocycles. The summed E-state index contributed by atoms with van der Waals surface area (Å²) >= 11 is 0. The molecule has 0 aliphatic rings. The summed E-state index contributed by atoms with van der Waals surface area (Å²) in [7, 11) is 1.25. The molecular weight excluding hydrogens is 924 g/mol. The van der Waals surface area contributed by atoms with Crippen LogP contribution in [0.4, 0.5) is 0 Å². The third-order valence-corrected chi connectivity index (χ3v) is 15.2. The third kappa shape index (κ3) is 58.0. The van der Waals surface area contributed by atoms with Crippen LogP contribution in [0.25, 0.3) is 0 Å². The molecule has 73 heavy (non-hydrogen) atoms. The van der Waals surface area contributed by atoms with Crippen LogP contribution in [0.5, 0.6) is 0 Å². The van der Waals surface area contributed by atoms with Crippen LogP contribution in [0, 0.1) is 0 Å². The lowest BCUT2D eigenvalue weighted by Gasteiger charge is -2.29. The Morgan fingerprint density at radius 1 is 0.479 bits per heavy atom. The zero-order valence-corrected chi connectivity index (χ0v) is 50.0. The number of nitrogens with one attached hydrogen (secondary N) is 1. The van der Waals surface area contributed by atoms with Crippen molar-refractivity contribution in [2.75, 3.05) is 40.9 Å². The maximum Gasteiger partial charge on any atom is 0.268 e. The Morgan fingerprint density at radius 3 is 1.19 bits per heavy atom. The monoisotopic (exact) mass is 1050 g/mol. The lowest BCUT2D eigenvalue weighted by Crippen LogP contribution is -2.45. The van der Waals surface area contributed by atoms with Crippen molar-refractivity contribution >= 4 is 13.7 Å². The number of hydrogen-bond donors (Lipinski definition) is 2. The van der Waals surface area contributed by atoms with Crippen LogP contribution in [-0.4, -0.2) is 68.5 Å². The summed E-state index contributed by atoms with van der Waals surface area (Å²) in [5.74, 6) is -0.205. The molecule has 0 radical (unpaired) electrons. The van der Waals surface area contributed by atoms with Crippen molar-refractivity contribution in [1.82, 2.24) is 5.32 Å². The Morgan fingerprint density at radius 2 is 0.808 bits per heavy atom. The van der Waals surface area contributed by atoms with E-state index >= 15 is 0 Å². The minimum absolute atomic E-state index is 0.00611. The molecular formula is C64H123N2O6P. The molecule has 9 heteroatoms. The van der Waals surface area contributed by atoms with Gasteiger partial charge in [-0.15, -0.1) is 0 Å². The number of allylic oxidation sites excluding steroid dienone is 7. The Kier molecular flexibility index (Phi) is 54.1. The molecule has 0 heterocycles. The van der Waals surface area contributed by atoms with Crippen LogP contribution in [-0.2, 0) is 18.4 Å². The fraction of sp³-hybridized carbons (Fsp3) is 0.859. The number of rotatable bonds is 58. The molecule has 0 aromatic heterocycles. The van der Waals surface area contributed by atoms with Gasteiger partial charge in [-0.05, 0) is 64.2 Å². The smallest absolute Gasteiger partial charge is 0.268 e. The molecule has 0 spiro atoms. The van der Waals surface area contributed by atoms with E-state index in [2.05, 4.69) is 55.6 Å².